The molecule has 9 heteroatoms. The minimum absolute atomic E-state index is 0.0586. The second-order valence-corrected chi connectivity index (χ2v) is 10.5. The zero-order valence-corrected chi connectivity index (χ0v) is 19.6. The normalized spacial score (nSPS) is 19.6. The van der Waals surface area contributed by atoms with E-state index in [4.69, 9.17) is 14.2 Å². The van der Waals surface area contributed by atoms with Gasteiger partial charge in [0.25, 0.3) is 0 Å². The van der Waals surface area contributed by atoms with Crippen LogP contribution < -0.4 is 4.74 Å². The monoisotopic (exact) mass is 475 g/mol. The van der Waals surface area contributed by atoms with E-state index in [2.05, 4.69) is 0 Å². The minimum Gasteiger partial charge on any atom is -0.497 e. The lowest BCUT2D eigenvalue weighted by atomic mass is 9.81. The van der Waals surface area contributed by atoms with E-state index < -0.39 is 27.8 Å². The maximum absolute atomic E-state index is 13.3. The summed E-state index contributed by atoms with van der Waals surface area (Å²) in [6.45, 7) is 1.07. The van der Waals surface area contributed by atoms with E-state index in [9.17, 15) is 18.3 Å². The number of likely N-dealkylation sites (N-methyl/N-ethyl adjacent to an activating group) is 1. The van der Waals surface area contributed by atoms with Crippen LogP contribution >= 0.6 is 0 Å². The molecule has 1 aliphatic heterocycles. The van der Waals surface area contributed by atoms with Crippen molar-refractivity contribution in [2.45, 2.75) is 42.4 Å². The van der Waals surface area contributed by atoms with Gasteiger partial charge in [-0.25, -0.2) is 8.42 Å². The van der Waals surface area contributed by atoms with Gasteiger partial charge in [-0.15, -0.1) is 0 Å². The van der Waals surface area contributed by atoms with Gasteiger partial charge in [0.1, 0.15) is 11.8 Å². The van der Waals surface area contributed by atoms with Crippen molar-refractivity contribution < 1.29 is 32.5 Å². The van der Waals surface area contributed by atoms with Crippen molar-refractivity contribution in [1.29, 1.82) is 0 Å². The molecule has 4 rings (SSSR count). The van der Waals surface area contributed by atoms with Crippen LogP contribution in [0.25, 0.3) is 11.1 Å². The average Bonchev–Trinajstić information content (AvgIpc) is 3.28. The number of methoxy groups -OCH3 is 1. The van der Waals surface area contributed by atoms with E-state index in [0.717, 1.165) is 21.2 Å². The zero-order valence-electron chi connectivity index (χ0n) is 18.8. The highest BCUT2D eigenvalue weighted by Gasteiger charge is 2.46. The lowest BCUT2D eigenvalue weighted by Crippen LogP contribution is -2.49. The van der Waals surface area contributed by atoms with E-state index in [-0.39, 0.29) is 10.8 Å². The first-order valence-corrected chi connectivity index (χ1v) is 12.4. The summed E-state index contributed by atoms with van der Waals surface area (Å²) in [6.07, 6.45) is 2.16. The number of carboxylic acids is 1. The Balaban J connectivity index is 1.51. The second kappa shape index (κ2) is 9.42. The Morgan fingerprint density at radius 3 is 2.03 bits per heavy atom. The van der Waals surface area contributed by atoms with Gasteiger partial charge in [0.2, 0.25) is 10.0 Å². The molecule has 0 radical (unpaired) electrons. The van der Waals surface area contributed by atoms with Gasteiger partial charge in [-0.2, -0.15) is 4.31 Å². The third kappa shape index (κ3) is 4.77. The van der Waals surface area contributed by atoms with Crippen LogP contribution in [-0.2, 0) is 24.3 Å². The molecule has 2 aromatic carbocycles. The Hall–Kier alpha value is -2.46. The van der Waals surface area contributed by atoms with Crippen molar-refractivity contribution >= 4 is 16.0 Å². The van der Waals surface area contributed by atoms with Gasteiger partial charge in [-0.3, -0.25) is 4.79 Å². The summed E-state index contributed by atoms with van der Waals surface area (Å²) in [7, 11) is -1.06. The van der Waals surface area contributed by atoms with Crippen LogP contribution in [0.5, 0.6) is 5.75 Å². The molecule has 2 aliphatic rings. The smallest absolute Gasteiger partial charge is 0.322 e. The molecule has 2 fully saturated rings. The fourth-order valence-electron chi connectivity index (χ4n) is 4.75. The maximum atomic E-state index is 13.3. The molecule has 0 amide bonds. The molecule has 1 atom stereocenters. The second-order valence-electron chi connectivity index (χ2n) is 8.50. The fraction of sp³-hybridized carbons (Fsp3) is 0.458. The van der Waals surface area contributed by atoms with Gasteiger partial charge in [0, 0.05) is 19.9 Å². The van der Waals surface area contributed by atoms with Gasteiger partial charge >= 0.3 is 5.97 Å². The van der Waals surface area contributed by atoms with Crippen LogP contribution in [0.15, 0.2) is 53.4 Å². The number of ether oxygens (including phenoxy) is 3. The first-order valence-electron chi connectivity index (χ1n) is 11.0. The summed E-state index contributed by atoms with van der Waals surface area (Å²) in [5, 5.41) is 9.92. The van der Waals surface area contributed by atoms with Crippen molar-refractivity contribution in [2.75, 3.05) is 27.4 Å². The number of rotatable bonds is 7. The topological polar surface area (TPSA) is 102 Å². The van der Waals surface area contributed by atoms with E-state index in [1.807, 2.05) is 24.3 Å². The molecule has 1 heterocycles. The molecule has 1 unspecified atom stereocenters. The van der Waals surface area contributed by atoms with Gasteiger partial charge in [-0.05, 0) is 54.2 Å². The van der Waals surface area contributed by atoms with Gasteiger partial charge in [0.15, 0.2) is 5.79 Å². The predicted octanol–water partition coefficient (Wildman–Crippen LogP) is 3.37. The summed E-state index contributed by atoms with van der Waals surface area (Å²) in [5.41, 5.74) is 1.77. The molecular weight excluding hydrogens is 446 g/mol. The zero-order chi connectivity index (χ0) is 23.6. The van der Waals surface area contributed by atoms with Gasteiger partial charge in [-0.1, -0.05) is 24.3 Å². The van der Waals surface area contributed by atoms with Crippen LogP contribution in [0.4, 0.5) is 0 Å². The number of benzene rings is 2. The first-order chi connectivity index (χ1) is 15.8. The number of hydrogen-bond donors (Lipinski definition) is 1. The molecule has 1 spiro atoms. The van der Waals surface area contributed by atoms with Crippen molar-refractivity contribution in [3.8, 4) is 16.9 Å². The van der Waals surface area contributed by atoms with E-state index in [1.165, 1.54) is 19.2 Å². The first kappa shape index (κ1) is 23.7. The van der Waals surface area contributed by atoms with Crippen molar-refractivity contribution in [3.63, 3.8) is 0 Å². The van der Waals surface area contributed by atoms with Crippen molar-refractivity contribution in [1.82, 2.24) is 4.31 Å². The number of carboxylic acid groups (broad SMARTS) is 1. The lowest BCUT2D eigenvalue weighted by Gasteiger charge is -2.39. The Kier molecular flexibility index (Phi) is 6.76. The summed E-state index contributed by atoms with van der Waals surface area (Å²) in [4.78, 5) is 12.2. The highest BCUT2D eigenvalue weighted by atomic mass is 32.2. The summed E-state index contributed by atoms with van der Waals surface area (Å²) in [5.74, 6) is -1.36. The fourth-order valence-corrected chi connectivity index (χ4v) is 6.13. The van der Waals surface area contributed by atoms with Crippen molar-refractivity contribution in [2.24, 2.45) is 5.92 Å². The highest BCUT2D eigenvalue weighted by molar-refractivity contribution is 7.89. The minimum atomic E-state index is -4.00. The van der Waals surface area contributed by atoms with Crippen LogP contribution in [0, 0.1) is 5.92 Å². The number of aliphatic carboxylic acids is 1. The van der Waals surface area contributed by atoms with Gasteiger partial charge < -0.3 is 19.3 Å². The lowest BCUT2D eigenvalue weighted by molar-refractivity contribution is -0.186. The SMILES string of the molecule is COc1ccc(-c2ccc(S(=O)(=O)N(C)C(C(=O)O)C3CCC4(CC3)OCCO4)cc2)cc1. The Bertz CT molecular complexity index is 1070. The molecule has 0 aromatic heterocycles. The third-order valence-corrected chi connectivity index (χ3v) is 8.50. The molecule has 1 N–H and O–H groups in total. The maximum Gasteiger partial charge on any atom is 0.322 e. The molecular formula is C24H29NO7S. The molecule has 0 bridgehead atoms. The predicted molar refractivity (Wildman–Crippen MR) is 121 cm³/mol. The average molecular weight is 476 g/mol. The largest absolute Gasteiger partial charge is 0.497 e. The standard InChI is InChI=1S/C24H29NO7S/c1-25(22(23(26)27)19-11-13-24(14-12-19)31-15-16-32-24)33(28,29)21-9-5-18(6-10-21)17-3-7-20(30-2)8-4-17/h3-10,19,22H,11-16H2,1-2H3,(H,26,27). The molecule has 1 saturated carbocycles. The quantitative estimate of drug-likeness (QED) is 0.655. The highest BCUT2D eigenvalue weighted by Crippen LogP contribution is 2.41. The van der Waals surface area contributed by atoms with Crippen molar-refractivity contribution in [3.05, 3.63) is 48.5 Å². The van der Waals surface area contributed by atoms with Crippen LogP contribution in [-0.4, -0.2) is 63.0 Å². The number of sulfonamides is 1. The Morgan fingerprint density at radius 2 is 1.55 bits per heavy atom. The van der Waals surface area contributed by atoms with E-state index in [0.29, 0.717) is 38.9 Å². The Morgan fingerprint density at radius 1 is 1.03 bits per heavy atom. The van der Waals surface area contributed by atoms with Crippen LogP contribution in [0.1, 0.15) is 25.7 Å². The molecule has 178 valence electrons. The number of carbonyl (C=O) groups is 1. The van der Waals surface area contributed by atoms with Crippen LogP contribution in [0.2, 0.25) is 0 Å². The number of nitrogens with zero attached hydrogens (tertiary/aromatic N) is 1. The van der Waals surface area contributed by atoms with Gasteiger partial charge in [0.05, 0.1) is 25.2 Å². The summed E-state index contributed by atoms with van der Waals surface area (Å²) in [6, 6.07) is 12.8. The molecule has 8 nitrogen and oxygen atoms in total. The molecule has 1 saturated heterocycles. The third-order valence-electron chi connectivity index (χ3n) is 6.65. The van der Waals surface area contributed by atoms with Crippen LogP contribution in [0.3, 0.4) is 0 Å². The molecule has 33 heavy (non-hydrogen) atoms. The Labute approximate surface area is 194 Å². The van der Waals surface area contributed by atoms with E-state index in [1.54, 1.807) is 19.2 Å². The molecule has 1 aliphatic carbocycles. The van der Waals surface area contributed by atoms with E-state index >= 15 is 0 Å². The molecule has 2 aromatic rings. The number of hydrogen-bond acceptors (Lipinski definition) is 6. The summed E-state index contributed by atoms with van der Waals surface area (Å²) >= 11 is 0. The summed E-state index contributed by atoms with van der Waals surface area (Å²) < 4.78 is 44.2.